The number of thiophene rings is 1. The molecule has 1 fully saturated rings. The minimum atomic E-state index is -3.36. The fraction of sp³-hybridized carbons (Fsp3) is 0.389. The molecule has 1 aliphatic rings. The summed E-state index contributed by atoms with van der Waals surface area (Å²) in [5.41, 5.74) is 1.81. The van der Waals surface area contributed by atoms with Gasteiger partial charge in [-0.05, 0) is 29.5 Å². The van der Waals surface area contributed by atoms with E-state index in [1.807, 2.05) is 48.7 Å². The molecule has 25 heavy (non-hydrogen) atoms. The summed E-state index contributed by atoms with van der Waals surface area (Å²) in [6.07, 6.45) is 0.396. The summed E-state index contributed by atoms with van der Waals surface area (Å²) in [5.74, 6) is 0.0846. The third-order valence-corrected chi connectivity index (χ3v) is 7.19. The fourth-order valence-corrected chi connectivity index (χ4v) is 5.26. The van der Waals surface area contributed by atoms with Crippen LogP contribution in [-0.4, -0.2) is 49.7 Å². The highest BCUT2D eigenvalue weighted by molar-refractivity contribution is 7.88. The summed E-state index contributed by atoms with van der Waals surface area (Å²) in [5, 5.41) is 1.96. The van der Waals surface area contributed by atoms with E-state index < -0.39 is 10.0 Å². The first-order chi connectivity index (χ1) is 12.0. The minimum absolute atomic E-state index is 0.0167. The zero-order valence-electron chi connectivity index (χ0n) is 14.2. The van der Waals surface area contributed by atoms with Crippen molar-refractivity contribution >= 4 is 27.3 Å². The summed E-state index contributed by atoms with van der Waals surface area (Å²) in [7, 11) is -3.36. The molecular formula is C18H22N2O3S2. The van der Waals surface area contributed by atoms with Crippen molar-refractivity contribution in [2.45, 2.75) is 19.1 Å². The van der Waals surface area contributed by atoms with Gasteiger partial charge in [-0.2, -0.15) is 4.31 Å². The lowest BCUT2D eigenvalue weighted by Gasteiger charge is -2.34. The third kappa shape index (κ3) is 4.48. The Morgan fingerprint density at radius 3 is 2.44 bits per heavy atom. The van der Waals surface area contributed by atoms with E-state index in [9.17, 15) is 13.2 Å². The van der Waals surface area contributed by atoms with Crippen LogP contribution in [0.1, 0.15) is 16.0 Å². The number of hydrogen-bond acceptors (Lipinski definition) is 4. The number of nitrogens with zero attached hydrogens (tertiary/aromatic N) is 2. The van der Waals surface area contributed by atoms with Gasteiger partial charge < -0.3 is 4.90 Å². The Labute approximate surface area is 152 Å². The van der Waals surface area contributed by atoms with E-state index in [1.165, 1.54) is 4.31 Å². The van der Waals surface area contributed by atoms with Crippen molar-refractivity contribution in [2.75, 3.05) is 26.2 Å². The topological polar surface area (TPSA) is 57.7 Å². The average molecular weight is 379 g/mol. The molecule has 1 saturated heterocycles. The van der Waals surface area contributed by atoms with E-state index in [1.54, 1.807) is 16.2 Å². The number of carbonyl (C=O) groups is 1. The van der Waals surface area contributed by atoms with Gasteiger partial charge in [0.2, 0.25) is 15.9 Å². The summed E-state index contributed by atoms with van der Waals surface area (Å²) in [4.78, 5) is 15.1. The van der Waals surface area contributed by atoms with Crippen LogP contribution in [0.5, 0.6) is 0 Å². The van der Waals surface area contributed by atoms with Gasteiger partial charge in [-0.1, -0.05) is 30.3 Å². The molecule has 0 bridgehead atoms. The average Bonchev–Trinajstić information content (AvgIpc) is 3.10. The number of rotatable bonds is 5. The molecule has 1 amide bonds. The highest BCUT2D eigenvalue weighted by atomic mass is 32.2. The molecule has 0 aliphatic carbocycles. The molecule has 2 heterocycles. The Morgan fingerprint density at radius 2 is 1.80 bits per heavy atom. The Bertz CT molecular complexity index is 824. The van der Waals surface area contributed by atoms with Crippen molar-refractivity contribution in [3.05, 3.63) is 57.8 Å². The lowest BCUT2D eigenvalue weighted by molar-refractivity contribution is -0.131. The van der Waals surface area contributed by atoms with Crippen LogP contribution in [-0.2, 0) is 27.0 Å². The maximum Gasteiger partial charge on any atom is 0.227 e. The van der Waals surface area contributed by atoms with Crippen LogP contribution in [0.15, 0.2) is 41.8 Å². The van der Waals surface area contributed by atoms with Crippen LogP contribution in [0, 0.1) is 6.92 Å². The molecule has 0 N–H and O–H groups in total. The predicted octanol–water partition coefficient (Wildman–Crippen LogP) is 2.27. The number of hydrogen-bond donors (Lipinski definition) is 0. The number of sulfonamides is 1. The van der Waals surface area contributed by atoms with Crippen molar-refractivity contribution in [3.63, 3.8) is 0 Å². The van der Waals surface area contributed by atoms with Crippen molar-refractivity contribution in [1.29, 1.82) is 0 Å². The normalized spacial score (nSPS) is 16.1. The monoisotopic (exact) mass is 378 g/mol. The lowest BCUT2D eigenvalue weighted by Crippen LogP contribution is -2.51. The summed E-state index contributed by atoms with van der Waals surface area (Å²) in [6.45, 7) is 3.56. The highest BCUT2D eigenvalue weighted by Gasteiger charge is 2.29. The molecule has 0 saturated carbocycles. The second kappa shape index (κ2) is 7.68. The van der Waals surface area contributed by atoms with Crippen LogP contribution in [0.4, 0.5) is 0 Å². The standard InChI is InChI=1S/C18H22N2O3S2/c1-15-5-2-3-6-16(15)14-25(22,23)20-10-8-19(9-11-20)18(21)13-17-7-4-12-24-17/h2-7,12H,8-11,13-14H2,1H3. The summed E-state index contributed by atoms with van der Waals surface area (Å²) in [6, 6.07) is 11.4. The molecule has 0 spiro atoms. The van der Waals surface area contributed by atoms with Crippen LogP contribution in [0.2, 0.25) is 0 Å². The van der Waals surface area contributed by atoms with Gasteiger partial charge in [0.1, 0.15) is 0 Å². The number of amides is 1. The van der Waals surface area contributed by atoms with Crippen molar-refractivity contribution < 1.29 is 13.2 Å². The molecule has 0 radical (unpaired) electrons. The van der Waals surface area contributed by atoms with Gasteiger partial charge in [-0.3, -0.25) is 4.79 Å². The lowest BCUT2D eigenvalue weighted by atomic mass is 10.1. The Balaban J connectivity index is 1.57. The van der Waals surface area contributed by atoms with Crippen LogP contribution < -0.4 is 0 Å². The zero-order chi connectivity index (χ0) is 17.9. The van der Waals surface area contributed by atoms with Crippen molar-refractivity contribution in [2.24, 2.45) is 0 Å². The van der Waals surface area contributed by atoms with E-state index in [2.05, 4.69) is 0 Å². The Hall–Kier alpha value is -1.70. The second-order valence-corrected chi connectivity index (χ2v) is 9.22. The van der Waals surface area contributed by atoms with Crippen molar-refractivity contribution in [1.82, 2.24) is 9.21 Å². The number of aryl methyl sites for hydroxylation is 1. The first kappa shape index (κ1) is 18.1. The van der Waals surface area contributed by atoms with E-state index in [0.717, 1.165) is 16.0 Å². The first-order valence-corrected chi connectivity index (χ1v) is 10.8. The van der Waals surface area contributed by atoms with Crippen LogP contribution >= 0.6 is 11.3 Å². The first-order valence-electron chi connectivity index (χ1n) is 8.28. The molecule has 1 aliphatic heterocycles. The van der Waals surface area contributed by atoms with Gasteiger partial charge in [0.15, 0.2) is 0 Å². The zero-order valence-corrected chi connectivity index (χ0v) is 15.9. The van der Waals surface area contributed by atoms with E-state index >= 15 is 0 Å². The number of piperazine rings is 1. The van der Waals surface area contributed by atoms with Crippen molar-refractivity contribution in [3.8, 4) is 0 Å². The predicted molar refractivity (Wildman–Crippen MR) is 100.0 cm³/mol. The molecule has 0 unspecified atom stereocenters. The molecule has 5 nitrogen and oxygen atoms in total. The largest absolute Gasteiger partial charge is 0.340 e. The molecule has 134 valence electrons. The van der Waals surface area contributed by atoms with Gasteiger partial charge in [-0.15, -0.1) is 11.3 Å². The van der Waals surface area contributed by atoms with E-state index in [-0.39, 0.29) is 11.7 Å². The fourth-order valence-electron chi connectivity index (χ4n) is 2.95. The smallest absolute Gasteiger partial charge is 0.227 e. The molecular weight excluding hydrogens is 356 g/mol. The minimum Gasteiger partial charge on any atom is -0.340 e. The molecule has 0 atom stereocenters. The van der Waals surface area contributed by atoms with E-state index in [4.69, 9.17) is 0 Å². The van der Waals surface area contributed by atoms with E-state index in [0.29, 0.717) is 32.6 Å². The Morgan fingerprint density at radius 1 is 1.08 bits per heavy atom. The SMILES string of the molecule is Cc1ccccc1CS(=O)(=O)N1CCN(C(=O)Cc2cccs2)CC1. The molecule has 7 heteroatoms. The quantitative estimate of drug-likeness (QED) is 0.802. The van der Waals surface area contributed by atoms with Crippen LogP contribution in [0.25, 0.3) is 0 Å². The second-order valence-electron chi connectivity index (χ2n) is 6.22. The summed E-state index contributed by atoms with van der Waals surface area (Å²) < 4.78 is 26.8. The maximum absolute atomic E-state index is 12.7. The van der Waals surface area contributed by atoms with Crippen LogP contribution in [0.3, 0.4) is 0 Å². The number of carbonyl (C=O) groups excluding carboxylic acids is 1. The van der Waals surface area contributed by atoms with Gasteiger partial charge >= 0.3 is 0 Å². The molecule has 3 rings (SSSR count). The highest BCUT2D eigenvalue weighted by Crippen LogP contribution is 2.17. The maximum atomic E-state index is 12.7. The van der Waals surface area contributed by atoms with Gasteiger partial charge in [-0.25, -0.2) is 8.42 Å². The number of benzene rings is 1. The molecule has 2 aromatic rings. The third-order valence-electron chi connectivity index (χ3n) is 4.49. The van der Waals surface area contributed by atoms with Gasteiger partial charge in [0.05, 0.1) is 12.2 Å². The molecule has 1 aromatic carbocycles. The van der Waals surface area contributed by atoms with Gasteiger partial charge in [0, 0.05) is 31.1 Å². The summed E-state index contributed by atoms with van der Waals surface area (Å²) >= 11 is 1.57. The van der Waals surface area contributed by atoms with Gasteiger partial charge in [0.25, 0.3) is 0 Å². The molecule has 1 aromatic heterocycles. The Kier molecular flexibility index (Phi) is 5.56.